The normalized spacial score (nSPS) is 11.1. The van der Waals surface area contributed by atoms with Gasteiger partial charge in [0.15, 0.2) is 5.13 Å². The van der Waals surface area contributed by atoms with Gasteiger partial charge in [0.25, 0.3) is 5.91 Å². The van der Waals surface area contributed by atoms with Crippen molar-refractivity contribution in [2.45, 2.75) is 20.3 Å². The van der Waals surface area contributed by atoms with Gasteiger partial charge in [0, 0.05) is 11.6 Å². The van der Waals surface area contributed by atoms with E-state index in [1.165, 1.54) is 28.2 Å². The molecule has 5 aromatic rings. The highest BCUT2D eigenvalue weighted by Crippen LogP contribution is 2.32. The molecular formula is C24H22N6OS2. The highest BCUT2D eigenvalue weighted by atomic mass is 32.1. The zero-order valence-electron chi connectivity index (χ0n) is 18.1. The van der Waals surface area contributed by atoms with Crippen LogP contribution < -0.4 is 16.4 Å². The summed E-state index contributed by atoms with van der Waals surface area (Å²) in [5.74, 6) is -0.195. The van der Waals surface area contributed by atoms with Crippen LogP contribution in [0.3, 0.4) is 0 Å². The first-order valence-corrected chi connectivity index (χ1v) is 12.2. The number of nitrogens with two attached hydrogens (primary N) is 1. The SMILES string of the molecule is CCc1ccc2nc(C)c(-c3csc(Nc4ccc(C(=O)Nc5ccccc5N)s4)n3)n2c1. The quantitative estimate of drug-likeness (QED) is 0.264. The molecule has 7 nitrogen and oxygen atoms in total. The number of aromatic nitrogens is 3. The predicted octanol–water partition coefficient (Wildman–Crippen LogP) is 5.97. The molecule has 0 aliphatic rings. The molecule has 0 atom stereocenters. The van der Waals surface area contributed by atoms with Gasteiger partial charge in [0.1, 0.15) is 11.3 Å². The van der Waals surface area contributed by atoms with Crippen LogP contribution >= 0.6 is 22.7 Å². The van der Waals surface area contributed by atoms with Crippen LogP contribution in [-0.4, -0.2) is 20.3 Å². The second kappa shape index (κ2) is 8.68. The van der Waals surface area contributed by atoms with Gasteiger partial charge in [-0.1, -0.05) is 25.1 Å². The number of thiazole rings is 1. The number of amides is 1. The highest BCUT2D eigenvalue weighted by molar-refractivity contribution is 7.19. The lowest BCUT2D eigenvalue weighted by molar-refractivity contribution is 0.103. The average Bonchev–Trinajstić information content (AvgIpc) is 3.53. The molecule has 5 rings (SSSR count). The van der Waals surface area contributed by atoms with Crippen LogP contribution in [0.2, 0.25) is 0 Å². The number of benzene rings is 1. The first kappa shape index (κ1) is 21.2. The minimum atomic E-state index is -0.195. The van der Waals surface area contributed by atoms with E-state index in [1.54, 1.807) is 18.2 Å². The van der Waals surface area contributed by atoms with Gasteiger partial charge in [0.05, 0.1) is 32.6 Å². The first-order valence-electron chi connectivity index (χ1n) is 10.5. The van der Waals surface area contributed by atoms with E-state index in [9.17, 15) is 4.79 Å². The van der Waals surface area contributed by atoms with Crippen LogP contribution in [0, 0.1) is 6.92 Å². The van der Waals surface area contributed by atoms with Gasteiger partial charge in [0.2, 0.25) is 0 Å². The largest absolute Gasteiger partial charge is 0.397 e. The molecule has 1 aromatic carbocycles. The molecular weight excluding hydrogens is 452 g/mol. The lowest BCUT2D eigenvalue weighted by Gasteiger charge is -2.06. The second-order valence-electron chi connectivity index (χ2n) is 7.53. The average molecular weight is 475 g/mol. The molecule has 166 valence electrons. The minimum absolute atomic E-state index is 0.195. The summed E-state index contributed by atoms with van der Waals surface area (Å²) in [5.41, 5.74) is 12.0. The van der Waals surface area contributed by atoms with Gasteiger partial charge >= 0.3 is 0 Å². The van der Waals surface area contributed by atoms with Gasteiger partial charge in [-0.3, -0.25) is 9.20 Å². The number of fused-ring (bicyclic) bond motifs is 1. The number of nitrogens with one attached hydrogen (secondary N) is 2. The molecule has 0 bridgehead atoms. The van der Waals surface area contributed by atoms with E-state index in [2.05, 4.69) is 39.2 Å². The number of carbonyl (C=O) groups is 1. The molecule has 0 spiro atoms. The summed E-state index contributed by atoms with van der Waals surface area (Å²) in [7, 11) is 0. The van der Waals surface area contributed by atoms with Crippen LogP contribution in [-0.2, 0) is 6.42 Å². The summed E-state index contributed by atoms with van der Waals surface area (Å²) in [5, 5.41) is 9.79. The predicted molar refractivity (Wildman–Crippen MR) is 137 cm³/mol. The number of hydrogen-bond acceptors (Lipinski definition) is 7. The summed E-state index contributed by atoms with van der Waals surface area (Å²) in [6.07, 6.45) is 3.09. The van der Waals surface area contributed by atoms with Crippen molar-refractivity contribution in [2.75, 3.05) is 16.4 Å². The Labute approximate surface area is 199 Å². The van der Waals surface area contributed by atoms with Crippen LogP contribution in [0.5, 0.6) is 0 Å². The van der Waals surface area contributed by atoms with Crippen molar-refractivity contribution in [3.63, 3.8) is 0 Å². The zero-order chi connectivity index (χ0) is 22.9. The third-order valence-electron chi connectivity index (χ3n) is 5.28. The zero-order valence-corrected chi connectivity index (χ0v) is 19.8. The van der Waals surface area contributed by atoms with E-state index in [-0.39, 0.29) is 5.91 Å². The number of pyridine rings is 1. The van der Waals surface area contributed by atoms with Crippen molar-refractivity contribution in [2.24, 2.45) is 0 Å². The van der Waals surface area contributed by atoms with Crippen LogP contribution in [0.4, 0.5) is 21.5 Å². The molecule has 4 heterocycles. The van der Waals surface area contributed by atoms with E-state index < -0.39 is 0 Å². The van der Waals surface area contributed by atoms with Crippen molar-refractivity contribution in [3.8, 4) is 11.4 Å². The van der Waals surface area contributed by atoms with E-state index in [1.807, 2.05) is 36.6 Å². The van der Waals surface area contributed by atoms with Crippen LogP contribution in [0.25, 0.3) is 17.0 Å². The van der Waals surface area contributed by atoms with E-state index in [0.29, 0.717) is 16.3 Å². The van der Waals surface area contributed by atoms with E-state index in [0.717, 1.165) is 39.3 Å². The molecule has 0 radical (unpaired) electrons. The Bertz CT molecular complexity index is 1460. The van der Waals surface area contributed by atoms with E-state index >= 15 is 0 Å². The number of para-hydroxylation sites is 2. The number of nitrogen functional groups attached to an aromatic ring is 1. The third-order valence-corrected chi connectivity index (χ3v) is 7.04. The molecule has 1 amide bonds. The van der Waals surface area contributed by atoms with E-state index in [4.69, 9.17) is 10.7 Å². The lowest BCUT2D eigenvalue weighted by atomic mass is 10.2. The van der Waals surface area contributed by atoms with Crippen molar-refractivity contribution >= 4 is 55.7 Å². The molecule has 0 unspecified atom stereocenters. The first-order chi connectivity index (χ1) is 16.0. The standard InChI is InChI=1S/C24H22N6OS2/c1-3-15-8-10-20-26-14(2)22(30(20)12-15)18-13-32-24(28-18)29-21-11-9-19(33-21)23(31)27-17-7-5-4-6-16(17)25/h4-13H,3,25H2,1-2H3,(H,27,31)(H,28,29). The Morgan fingerprint density at radius 2 is 1.97 bits per heavy atom. The number of hydrogen-bond donors (Lipinski definition) is 3. The van der Waals surface area contributed by atoms with Gasteiger partial charge in [-0.05, 0) is 49.2 Å². The Morgan fingerprint density at radius 3 is 2.79 bits per heavy atom. The summed E-state index contributed by atoms with van der Waals surface area (Å²) >= 11 is 2.88. The monoisotopic (exact) mass is 474 g/mol. The Morgan fingerprint density at radius 1 is 1.12 bits per heavy atom. The molecule has 0 saturated heterocycles. The number of thiophene rings is 1. The number of nitrogens with zero attached hydrogens (tertiary/aromatic N) is 3. The smallest absolute Gasteiger partial charge is 0.265 e. The molecule has 9 heteroatoms. The highest BCUT2D eigenvalue weighted by Gasteiger charge is 2.16. The van der Waals surface area contributed by atoms with Crippen molar-refractivity contribution in [1.82, 2.24) is 14.4 Å². The van der Waals surface area contributed by atoms with Crippen molar-refractivity contribution < 1.29 is 4.79 Å². The third kappa shape index (κ3) is 4.20. The fraction of sp³-hybridized carbons (Fsp3) is 0.125. The molecule has 4 aromatic heterocycles. The Kier molecular flexibility index (Phi) is 5.57. The Balaban J connectivity index is 1.35. The molecule has 0 fully saturated rings. The van der Waals surface area contributed by atoms with Gasteiger partial charge in [-0.25, -0.2) is 9.97 Å². The number of rotatable bonds is 6. The molecule has 4 N–H and O–H groups in total. The van der Waals surface area contributed by atoms with Crippen LogP contribution in [0.1, 0.15) is 27.9 Å². The summed E-state index contributed by atoms with van der Waals surface area (Å²) in [6, 6.07) is 15.0. The number of anilines is 4. The van der Waals surface area contributed by atoms with Gasteiger partial charge < -0.3 is 16.4 Å². The number of aryl methyl sites for hydroxylation is 2. The molecule has 0 saturated carbocycles. The van der Waals surface area contributed by atoms with Crippen molar-refractivity contribution in [3.05, 3.63) is 76.2 Å². The van der Waals surface area contributed by atoms with Crippen LogP contribution in [0.15, 0.2) is 60.1 Å². The van der Waals surface area contributed by atoms with Crippen molar-refractivity contribution in [1.29, 1.82) is 0 Å². The summed E-state index contributed by atoms with van der Waals surface area (Å²) < 4.78 is 2.11. The fourth-order valence-corrected chi connectivity index (χ4v) is 5.16. The van der Waals surface area contributed by atoms with Gasteiger partial charge in [-0.15, -0.1) is 22.7 Å². The Hall–Kier alpha value is -3.69. The second-order valence-corrected chi connectivity index (χ2v) is 9.47. The van der Waals surface area contributed by atoms with Gasteiger partial charge in [-0.2, -0.15) is 0 Å². The summed E-state index contributed by atoms with van der Waals surface area (Å²) in [4.78, 5) is 22.6. The number of carbonyl (C=O) groups excluding carboxylic acids is 1. The molecule has 0 aliphatic carbocycles. The maximum atomic E-state index is 12.6. The fourth-order valence-electron chi connectivity index (χ4n) is 3.59. The maximum absolute atomic E-state index is 12.6. The number of imidazole rings is 1. The summed E-state index contributed by atoms with van der Waals surface area (Å²) in [6.45, 7) is 4.14. The lowest BCUT2D eigenvalue weighted by Crippen LogP contribution is -2.11. The topological polar surface area (TPSA) is 97.3 Å². The molecule has 33 heavy (non-hydrogen) atoms. The minimum Gasteiger partial charge on any atom is -0.397 e. The molecule has 0 aliphatic heterocycles. The maximum Gasteiger partial charge on any atom is 0.265 e.